The van der Waals surface area contributed by atoms with Crippen LogP contribution in [0, 0.1) is 11.8 Å². The summed E-state index contributed by atoms with van der Waals surface area (Å²) < 4.78 is 11.2. The number of carbonyl (C=O) groups excluding carboxylic acids is 2. The van der Waals surface area contributed by atoms with E-state index in [1.54, 1.807) is 12.1 Å². The minimum Gasteiger partial charge on any atom is -0.491 e. The molecular weight excluding hydrogens is 320 g/mol. The summed E-state index contributed by atoms with van der Waals surface area (Å²) in [6, 6.07) is 5.20. The average molecular weight is 346 g/mol. The normalized spacial score (nSPS) is 21.4. The Kier molecular flexibility index (Phi) is 5.27. The summed E-state index contributed by atoms with van der Waals surface area (Å²) in [5.41, 5.74) is 6.75. The number of carbonyl (C=O) groups is 2. The largest absolute Gasteiger partial charge is 0.491 e. The molecule has 1 saturated heterocycles. The molecule has 0 aliphatic carbocycles. The Morgan fingerprint density at radius 2 is 1.92 bits per heavy atom. The first-order valence-corrected chi connectivity index (χ1v) is 8.94. The highest BCUT2D eigenvalue weighted by atomic mass is 16.5. The van der Waals surface area contributed by atoms with Crippen LogP contribution in [0.25, 0.3) is 0 Å². The zero-order valence-electron chi connectivity index (χ0n) is 14.9. The second-order valence-corrected chi connectivity index (χ2v) is 7.07. The molecule has 2 amide bonds. The van der Waals surface area contributed by atoms with Gasteiger partial charge in [0, 0.05) is 30.3 Å². The second kappa shape index (κ2) is 7.44. The third kappa shape index (κ3) is 3.63. The molecule has 0 spiro atoms. The summed E-state index contributed by atoms with van der Waals surface area (Å²) in [5, 5.41) is 0. The van der Waals surface area contributed by atoms with Crippen molar-refractivity contribution in [2.75, 3.05) is 26.4 Å². The maximum Gasteiger partial charge on any atom is 0.248 e. The fourth-order valence-corrected chi connectivity index (χ4v) is 3.76. The maximum atomic E-state index is 13.1. The molecule has 2 N–H and O–H groups in total. The van der Waals surface area contributed by atoms with Crippen molar-refractivity contribution in [3.63, 3.8) is 0 Å². The van der Waals surface area contributed by atoms with Crippen LogP contribution in [0.2, 0.25) is 0 Å². The number of primary amides is 1. The van der Waals surface area contributed by atoms with Crippen LogP contribution in [0.3, 0.4) is 0 Å². The van der Waals surface area contributed by atoms with E-state index in [9.17, 15) is 9.59 Å². The van der Waals surface area contributed by atoms with Gasteiger partial charge in [-0.15, -0.1) is 0 Å². The fraction of sp³-hybridized carbons (Fsp3) is 0.579. The lowest BCUT2D eigenvalue weighted by atomic mass is 9.90. The Bertz CT molecular complexity index is 653. The second-order valence-electron chi connectivity index (χ2n) is 7.07. The van der Waals surface area contributed by atoms with Crippen molar-refractivity contribution in [1.29, 1.82) is 0 Å². The summed E-state index contributed by atoms with van der Waals surface area (Å²) in [5.74, 6) is 0.590. The predicted molar refractivity (Wildman–Crippen MR) is 93.3 cm³/mol. The summed E-state index contributed by atoms with van der Waals surface area (Å²) >= 11 is 0. The van der Waals surface area contributed by atoms with Crippen molar-refractivity contribution in [3.05, 3.63) is 29.3 Å². The Morgan fingerprint density at radius 3 is 2.56 bits per heavy atom. The molecule has 136 valence electrons. The zero-order chi connectivity index (χ0) is 18.0. The minimum absolute atomic E-state index is 0.0152. The number of fused-ring (bicyclic) bond motifs is 1. The van der Waals surface area contributed by atoms with Crippen LogP contribution in [0.4, 0.5) is 0 Å². The molecule has 0 bridgehead atoms. The van der Waals surface area contributed by atoms with Crippen molar-refractivity contribution >= 4 is 11.8 Å². The van der Waals surface area contributed by atoms with Gasteiger partial charge in [-0.05, 0) is 30.9 Å². The fourth-order valence-electron chi connectivity index (χ4n) is 3.76. The van der Waals surface area contributed by atoms with Gasteiger partial charge >= 0.3 is 0 Å². The highest BCUT2D eigenvalue weighted by molar-refractivity contribution is 5.93. The number of hydrogen-bond acceptors (Lipinski definition) is 4. The molecule has 2 aliphatic rings. The van der Waals surface area contributed by atoms with Gasteiger partial charge in [0.15, 0.2) is 0 Å². The molecule has 1 fully saturated rings. The van der Waals surface area contributed by atoms with Crippen LogP contribution in [0.1, 0.15) is 48.7 Å². The Balaban J connectivity index is 1.94. The van der Waals surface area contributed by atoms with E-state index in [1.165, 1.54) is 0 Å². The number of amides is 2. The maximum absolute atomic E-state index is 13.1. The summed E-state index contributed by atoms with van der Waals surface area (Å²) in [6.45, 7) is 6.45. The van der Waals surface area contributed by atoms with E-state index in [0.29, 0.717) is 37.7 Å². The van der Waals surface area contributed by atoms with Gasteiger partial charge in [-0.25, -0.2) is 0 Å². The van der Waals surface area contributed by atoms with E-state index < -0.39 is 5.91 Å². The molecule has 0 saturated carbocycles. The number of ether oxygens (including phenoxy) is 2. The van der Waals surface area contributed by atoms with Gasteiger partial charge in [-0.3, -0.25) is 9.59 Å². The van der Waals surface area contributed by atoms with Crippen LogP contribution in [-0.4, -0.2) is 43.1 Å². The van der Waals surface area contributed by atoms with Crippen LogP contribution in [0.15, 0.2) is 18.2 Å². The molecule has 0 radical (unpaired) electrons. The van der Waals surface area contributed by atoms with Crippen LogP contribution >= 0.6 is 0 Å². The van der Waals surface area contributed by atoms with Gasteiger partial charge < -0.3 is 20.1 Å². The summed E-state index contributed by atoms with van der Waals surface area (Å²) in [4.78, 5) is 26.6. The number of rotatable bonds is 3. The molecule has 1 atom stereocenters. The Hall–Kier alpha value is -2.08. The van der Waals surface area contributed by atoms with Crippen molar-refractivity contribution in [1.82, 2.24) is 4.90 Å². The van der Waals surface area contributed by atoms with E-state index in [1.807, 2.05) is 11.0 Å². The monoisotopic (exact) mass is 346 g/mol. The Labute approximate surface area is 148 Å². The van der Waals surface area contributed by atoms with Gasteiger partial charge in [0.1, 0.15) is 12.4 Å². The molecular formula is C19H26N2O4. The van der Waals surface area contributed by atoms with Gasteiger partial charge in [0.2, 0.25) is 11.8 Å². The predicted octanol–water partition coefficient (Wildman–Crippen LogP) is 2.13. The van der Waals surface area contributed by atoms with Crippen molar-refractivity contribution < 1.29 is 19.1 Å². The summed E-state index contributed by atoms with van der Waals surface area (Å²) in [7, 11) is 0. The van der Waals surface area contributed by atoms with E-state index in [2.05, 4.69) is 13.8 Å². The lowest BCUT2D eigenvalue weighted by Crippen LogP contribution is -2.43. The molecule has 1 aromatic rings. The molecule has 0 aromatic heterocycles. The molecule has 1 aromatic carbocycles. The number of nitrogens with zero attached hydrogens (tertiary/aromatic N) is 1. The Morgan fingerprint density at radius 1 is 1.20 bits per heavy atom. The molecule has 2 aliphatic heterocycles. The molecule has 2 heterocycles. The lowest BCUT2D eigenvalue weighted by Gasteiger charge is -2.36. The molecule has 25 heavy (non-hydrogen) atoms. The van der Waals surface area contributed by atoms with Gasteiger partial charge in [0.05, 0.1) is 12.6 Å². The SMILES string of the molecule is CC(C)C1c2ccc(C(N)=O)cc2OCCN1C(=O)C1CCOCC1. The lowest BCUT2D eigenvalue weighted by molar-refractivity contribution is -0.142. The quantitative estimate of drug-likeness (QED) is 0.909. The highest BCUT2D eigenvalue weighted by Gasteiger charge is 2.36. The average Bonchev–Trinajstić information content (AvgIpc) is 2.80. The van der Waals surface area contributed by atoms with Crippen molar-refractivity contribution in [2.24, 2.45) is 17.6 Å². The summed E-state index contributed by atoms with van der Waals surface area (Å²) in [6.07, 6.45) is 1.54. The zero-order valence-corrected chi connectivity index (χ0v) is 14.9. The van der Waals surface area contributed by atoms with E-state index in [4.69, 9.17) is 15.2 Å². The molecule has 6 nitrogen and oxygen atoms in total. The van der Waals surface area contributed by atoms with Crippen molar-refractivity contribution in [2.45, 2.75) is 32.7 Å². The topological polar surface area (TPSA) is 81.9 Å². The van der Waals surface area contributed by atoms with Crippen LogP contribution < -0.4 is 10.5 Å². The van der Waals surface area contributed by atoms with E-state index in [0.717, 1.165) is 18.4 Å². The third-order valence-corrected chi connectivity index (χ3v) is 5.03. The standard InChI is InChI=1S/C19H26N2O4/c1-12(2)17-15-4-3-14(18(20)22)11-16(15)25-10-7-21(17)19(23)13-5-8-24-9-6-13/h3-4,11-13,17H,5-10H2,1-2H3,(H2,20,22). The van der Waals surface area contributed by atoms with Gasteiger partial charge in [-0.1, -0.05) is 19.9 Å². The molecule has 1 unspecified atom stereocenters. The first-order valence-electron chi connectivity index (χ1n) is 8.94. The minimum atomic E-state index is -0.480. The third-order valence-electron chi connectivity index (χ3n) is 5.03. The number of hydrogen-bond donors (Lipinski definition) is 1. The molecule has 3 rings (SSSR count). The highest BCUT2D eigenvalue weighted by Crippen LogP contribution is 2.38. The van der Waals surface area contributed by atoms with Gasteiger partial charge in [-0.2, -0.15) is 0 Å². The smallest absolute Gasteiger partial charge is 0.248 e. The van der Waals surface area contributed by atoms with E-state index >= 15 is 0 Å². The number of benzene rings is 1. The van der Waals surface area contributed by atoms with Gasteiger partial charge in [0.25, 0.3) is 0 Å². The van der Waals surface area contributed by atoms with Crippen LogP contribution in [-0.2, 0) is 9.53 Å². The van der Waals surface area contributed by atoms with Crippen LogP contribution in [0.5, 0.6) is 5.75 Å². The molecule has 6 heteroatoms. The van der Waals surface area contributed by atoms with Crippen molar-refractivity contribution in [3.8, 4) is 5.75 Å². The van der Waals surface area contributed by atoms with E-state index in [-0.39, 0.29) is 23.8 Å². The first-order chi connectivity index (χ1) is 12.0. The number of nitrogens with two attached hydrogens (primary N) is 1. The first kappa shape index (κ1) is 17.7.